The van der Waals surface area contributed by atoms with Gasteiger partial charge in [-0.15, -0.1) is 11.3 Å². The van der Waals surface area contributed by atoms with Gasteiger partial charge in [0.05, 0.1) is 12.3 Å². The number of carbonyl (C=O) groups is 1. The molecule has 0 bridgehead atoms. The molecule has 138 valence electrons. The third-order valence-electron chi connectivity index (χ3n) is 3.56. The lowest BCUT2D eigenvalue weighted by Crippen LogP contribution is -2.07. The molecule has 27 heavy (non-hydrogen) atoms. The first-order valence-electron chi connectivity index (χ1n) is 8.18. The van der Waals surface area contributed by atoms with E-state index in [9.17, 15) is 9.18 Å². The Morgan fingerprint density at radius 2 is 2.07 bits per heavy atom. The molecule has 0 radical (unpaired) electrons. The topological polar surface area (TPSA) is 51.2 Å². The smallest absolute Gasteiger partial charge is 0.250 e. The minimum absolute atomic E-state index is 0.294. The number of hydrogen-bond donors (Lipinski definition) is 1. The zero-order chi connectivity index (χ0) is 19.2. The number of hydrogen-bond acceptors (Lipinski definition) is 4. The number of amides is 1. The van der Waals surface area contributed by atoms with E-state index in [0.29, 0.717) is 23.2 Å². The molecule has 0 saturated carbocycles. The average Bonchev–Trinajstić information content (AvgIpc) is 3.11. The van der Waals surface area contributed by atoms with Crippen molar-refractivity contribution in [3.05, 3.63) is 69.8 Å². The molecular formula is C20H16BrFN2O2S. The number of benzene rings is 2. The minimum Gasteiger partial charge on any atom is -0.493 e. The number of rotatable bonds is 6. The highest BCUT2D eigenvalue weighted by atomic mass is 79.9. The van der Waals surface area contributed by atoms with Gasteiger partial charge in [0.2, 0.25) is 5.91 Å². The molecule has 0 atom stereocenters. The molecule has 0 spiro atoms. The Kier molecular flexibility index (Phi) is 6.36. The first-order chi connectivity index (χ1) is 13.0. The van der Waals surface area contributed by atoms with Gasteiger partial charge in [-0.25, -0.2) is 9.37 Å². The van der Waals surface area contributed by atoms with E-state index in [-0.39, 0.29) is 11.7 Å². The number of nitrogens with one attached hydrogen (secondary N) is 1. The Bertz CT molecular complexity index is 970. The van der Waals surface area contributed by atoms with Crippen molar-refractivity contribution in [3.63, 3.8) is 0 Å². The van der Waals surface area contributed by atoms with E-state index in [0.717, 1.165) is 15.6 Å². The third kappa shape index (κ3) is 5.24. The Hall–Kier alpha value is -2.51. The minimum atomic E-state index is -0.299. The van der Waals surface area contributed by atoms with Gasteiger partial charge >= 0.3 is 0 Å². The summed E-state index contributed by atoms with van der Waals surface area (Å²) in [6.07, 6.45) is 3.13. The summed E-state index contributed by atoms with van der Waals surface area (Å²) < 4.78 is 19.5. The van der Waals surface area contributed by atoms with Gasteiger partial charge in [0.15, 0.2) is 5.13 Å². The molecule has 0 saturated heterocycles. The molecule has 1 aromatic heterocycles. The monoisotopic (exact) mass is 446 g/mol. The largest absolute Gasteiger partial charge is 0.493 e. The molecule has 3 rings (SSSR count). The molecule has 0 aliphatic heterocycles. The van der Waals surface area contributed by atoms with E-state index in [1.807, 2.05) is 30.5 Å². The highest BCUT2D eigenvalue weighted by Crippen LogP contribution is 2.26. The van der Waals surface area contributed by atoms with Crippen LogP contribution in [0.25, 0.3) is 17.3 Å². The molecule has 1 N–H and O–H groups in total. The number of ether oxygens (including phenoxy) is 1. The molecule has 3 aromatic rings. The maximum Gasteiger partial charge on any atom is 0.250 e. The van der Waals surface area contributed by atoms with Crippen molar-refractivity contribution >= 4 is 44.4 Å². The van der Waals surface area contributed by atoms with Crippen molar-refractivity contribution in [3.8, 4) is 17.0 Å². The second kappa shape index (κ2) is 8.92. The van der Waals surface area contributed by atoms with Gasteiger partial charge in [-0.05, 0) is 55.5 Å². The summed E-state index contributed by atoms with van der Waals surface area (Å²) in [5.74, 6) is 0.113. The fourth-order valence-corrected chi connectivity index (χ4v) is 3.43. The first-order valence-corrected chi connectivity index (χ1v) is 9.85. The molecular weight excluding hydrogens is 431 g/mol. The molecule has 0 aliphatic carbocycles. The van der Waals surface area contributed by atoms with Crippen LogP contribution in [-0.2, 0) is 4.79 Å². The summed E-state index contributed by atoms with van der Waals surface area (Å²) >= 11 is 4.73. The van der Waals surface area contributed by atoms with Crippen LogP contribution < -0.4 is 10.1 Å². The Morgan fingerprint density at radius 3 is 2.81 bits per heavy atom. The lowest BCUT2D eigenvalue weighted by atomic mass is 10.2. The number of aromatic nitrogens is 1. The number of anilines is 1. The van der Waals surface area contributed by atoms with Crippen molar-refractivity contribution in [2.75, 3.05) is 11.9 Å². The molecule has 1 amide bonds. The summed E-state index contributed by atoms with van der Waals surface area (Å²) in [4.78, 5) is 16.6. The van der Waals surface area contributed by atoms with Crippen molar-refractivity contribution in [2.45, 2.75) is 6.92 Å². The van der Waals surface area contributed by atoms with E-state index < -0.39 is 0 Å². The number of thiazole rings is 1. The van der Waals surface area contributed by atoms with Gasteiger partial charge in [0.1, 0.15) is 11.6 Å². The standard InChI is InChI=1S/C20H16BrFN2O2S/c1-2-26-18-9-6-15(21)11-14(18)5-10-19(25)24-20-23-17(12-27-20)13-3-7-16(22)8-4-13/h3-12H,2H2,1H3,(H,23,24,25)/b10-5+. The summed E-state index contributed by atoms with van der Waals surface area (Å²) in [5, 5.41) is 5.02. The van der Waals surface area contributed by atoms with E-state index >= 15 is 0 Å². The molecule has 2 aromatic carbocycles. The van der Waals surface area contributed by atoms with Crippen molar-refractivity contribution < 1.29 is 13.9 Å². The Balaban J connectivity index is 1.69. The second-order valence-corrected chi connectivity index (χ2v) is 7.26. The summed E-state index contributed by atoms with van der Waals surface area (Å²) in [6, 6.07) is 11.7. The third-order valence-corrected chi connectivity index (χ3v) is 4.81. The quantitative estimate of drug-likeness (QED) is 0.489. The van der Waals surface area contributed by atoms with Gasteiger partial charge in [0.25, 0.3) is 0 Å². The van der Waals surface area contributed by atoms with Gasteiger partial charge in [0, 0.05) is 27.1 Å². The van der Waals surface area contributed by atoms with Crippen LogP contribution >= 0.6 is 27.3 Å². The predicted octanol–water partition coefficient (Wildman–Crippen LogP) is 5.76. The van der Waals surface area contributed by atoms with Gasteiger partial charge in [-0.1, -0.05) is 15.9 Å². The maximum absolute atomic E-state index is 13.0. The predicted molar refractivity (Wildman–Crippen MR) is 110 cm³/mol. The number of halogens is 2. The molecule has 0 unspecified atom stereocenters. The van der Waals surface area contributed by atoms with E-state index in [1.165, 1.54) is 29.5 Å². The molecule has 1 heterocycles. The summed E-state index contributed by atoms with van der Waals surface area (Å²) in [5.41, 5.74) is 2.27. The number of nitrogens with zero attached hydrogens (tertiary/aromatic N) is 1. The first kappa shape index (κ1) is 19.3. The van der Waals surface area contributed by atoms with Crippen LogP contribution in [0.4, 0.5) is 9.52 Å². The van der Waals surface area contributed by atoms with Crippen molar-refractivity contribution in [1.29, 1.82) is 0 Å². The maximum atomic E-state index is 13.0. The summed E-state index contributed by atoms with van der Waals surface area (Å²) in [6.45, 7) is 2.45. The highest BCUT2D eigenvalue weighted by molar-refractivity contribution is 9.10. The SMILES string of the molecule is CCOc1ccc(Br)cc1/C=C/C(=O)Nc1nc(-c2ccc(F)cc2)cs1. The lowest BCUT2D eigenvalue weighted by Gasteiger charge is -2.07. The van der Waals surface area contributed by atoms with Crippen LogP contribution in [0, 0.1) is 5.82 Å². The molecule has 0 aliphatic rings. The van der Waals surface area contributed by atoms with E-state index in [1.54, 1.807) is 18.2 Å². The fourth-order valence-electron chi connectivity index (χ4n) is 2.33. The van der Waals surface area contributed by atoms with Crippen molar-refractivity contribution in [2.24, 2.45) is 0 Å². The normalized spacial score (nSPS) is 10.9. The average molecular weight is 447 g/mol. The zero-order valence-corrected chi connectivity index (χ0v) is 16.8. The van der Waals surface area contributed by atoms with Crippen LogP contribution in [0.3, 0.4) is 0 Å². The molecule has 0 fully saturated rings. The van der Waals surface area contributed by atoms with Gasteiger partial charge < -0.3 is 4.74 Å². The lowest BCUT2D eigenvalue weighted by molar-refractivity contribution is -0.111. The molecule has 4 nitrogen and oxygen atoms in total. The number of carbonyl (C=O) groups excluding carboxylic acids is 1. The molecule has 7 heteroatoms. The van der Waals surface area contributed by atoms with Gasteiger partial charge in [-0.3, -0.25) is 10.1 Å². The fraction of sp³-hybridized carbons (Fsp3) is 0.100. The van der Waals surface area contributed by atoms with E-state index in [2.05, 4.69) is 26.2 Å². The van der Waals surface area contributed by atoms with E-state index in [4.69, 9.17) is 4.74 Å². The van der Waals surface area contributed by atoms with Crippen LogP contribution in [0.2, 0.25) is 0 Å². The van der Waals surface area contributed by atoms with Crippen LogP contribution in [0.15, 0.2) is 58.4 Å². The van der Waals surface area contributed by atoms with Crippen LogP contribution in [0.1, 0.15) is 12.5 Å². The van der Waals surface area contributed by atoms with Crippen LogP contribution in [0.5, 0.6) is 5.75 Å². The zero-order valence-electron chi connectivity index (χ0n) is 14.4. The van der Waals surface area contributed by atoms with Crippen LogP contribution in [-0.4, -0.2) is 17.5 Å². The second-order valence-electron chi connectivity index (χ2n) is 5.48. The summed E-state index contributed by atoms with van der Waals surface area (Å²) in [7, 11) is 0. The van der Waals surface area contributed by atoms with Gasteiger partial charge in [-0.2, -0.15) is 0 Å². The Morgan fingerprint density at radius 1 is 1.30 bits per heavy atom. The van der Waals surface area contributed by atoms with Crippen molar-refractivity contribution in [1.82, 2.24) is 4.98 Å². The Labute approximate surface area is 168 Å². The highest BCUT2D eigenvalue weighted by Gasteiger charge is 2.07.